The van der Waals surface area contributed by atoms with Crippen LogP contribution in [-0.4, -0.2) is 0 Å². The van der Waals surface area contributed by atoms with Crippen molar-refractivity contribution in [1.82, 2.24) is 0 Å². The molecule has 10 heavy (non-hydrogen) atoms. The van der Waals surface area contributed by atoms with E-state index in [-0.39, 0.29) is 0 Å². The third kappa shape index (κ3) is 1.12. The largest absolute Gasteiger partial charge is 0.0998 e. The molecule has 0 heterocycles. The van der Waals surface area contributed by atoms with E-state index in [0.717, 1.165) is 23.7 Å². The molecule has 0 spiro atoms. The summed E-state index contributed by atoms with van der Waals surface area (Å²) in [5.41, 5.74) is 1.38. The van der Waals surface area contributed by atoms with Crippen molar-refractivity contribution < 1.29 is 0 Å². The van der Waals surface area contributed by atoms with Gasteiger partial charge in [0.15, 0.2) is 0 Å². The minimum absolute atomic E-state index is 0.833. The van der Waals surface area contributed by atoms with E-state index in [1.54, 1.807) is 0 Å². The van der Waals surface area contributed by atoms with E-state index >= 15 is 0 Å². The van der Waals surface area contributed by atoms with E-state index in [1.165, 1.54) is 5.57 Å². The summed E-state index contributed by atoms with van der Waals surface area (Å²) in [7, 11) is 0. The summed E-state index contributed by atoms with van der Waals surface area (Å²) in [6.45, 7) is 13.1. The Kier molecular flexibility index (Phi) is 1.89. The molecule has 3 unspecified atom stereocenters. The van der Waals surface area contributed by atoms with Crippen LogP contribution in [0.2, 0.25) is 0 Å². The lowest BCUT2D eigenvalue weighted by atomic mass is 10.0. The molecule has 0 aliphatic heterocycles. The van der Waals surface area contributed by atoms with Gasteiger partial charge in [0.1, 0.15) is 0 Å². The lowest BCUT2D eigenvalue weighted by Gasteiger charge is -2.01. The van der Waals surface area contributed by atoms with Gasteiger partial charge in [-0.3, -0.25) is 0 Å². The average Bonchev–Trinajstić information content (AvgIpc) is 2.40. The van der Waals surface area contributed by atoms with E-state index in [2.05, 4.69) is 34.3 Å². The van der Waals surface area contributed by atoms with Gasteiger partial charge in [-0.1, -0.05) is 32.9 Å². The fraction of sp³-hybridized carbons (Fsp3) is 0.800. The summed E-state index contributed by atoms with van der Waals surface area (Å²) in [6.07, 6.45) is 0. The third-order valence-electron chi connectivity index (χ3n) is 2.79. The maximum absolute atomic E-state index is 4.00. The summed E-state index contributed by atoms with van der Waals surface area (Å²) >= 11 is 0. The molecule has 58 valence electrons. The molecule has 0 amide bonds. The Morgan fingerprint density at radius 1 is 1.40 bits per heavy atom. The first kappa shape index (κ1) is 7.84. The third-order valence-corrected chi connectivity index (χ3v) is 2.79. The highest BCUT2D eigenvalue weighted by atomic mass is 14.5. The molecule has 1 aliphatic carbocycles. The van der Waals surface area contributed by atoms with Crippen LogP contribution in [0.25, 0.3) is 0 Å². The van der Waals surface area contributed by atoms with Crippen molar-refractivity contribution in [2.45, 2.75) is 27.7 Å². The summed E-state index contributed by atoms with van der Waals surface area (Å²) in [4.78, 5) is 0. The Balaban J connectivity index is 2.49. The zero-order valence-electron chi connectivity index (χ0n) is 7.52. The van der Waals surface area contributed by atoms with Gasteiger partial charge in [0, 0.05) is 0 Å². The zero-order chi connectivity index (χ0) is 7.89. The molecular weight excluding hydrogens is 120 g/mol. The van der Waals surface area contributed by atoms with Crippen LogP contribution in [-0.2, 0) is 0 Å². The van der Waals surface area contributed by atoms with Gasteiger partial charge in [-0.05, 0) is 30.6 Å². The van der Waals surface area contributed by atoms with E-state index in [9.17, 15) is 0 Å². The molecule has 0 heteroatoms. The fourth-order valence-electron chi connectivity index (χ4n) is 2.29. The minimum Gasteiger partial charge on any atom is -0.0998 e. The van der Waals surface area contributed by atoms with Crippen LogP contribution in [0.1, 0.15) is 27.7 Å². The molecule has 1 fully saturated rings. The highest BCUT2D eigenvalue weighted by Crippen LogP contribution is 2.53. The van der Waals surface area contributed by atoms with Crippen molar-refractivity contribution in [2.75, 3.05) is 0 Å². The topological polar surface area (TPSA) is 0 Å². The Morgan fingerprint density at radius 3 is 2.00 bits per heavy atom. The van der Waals surface area contributed by atoms with Crippen LogP contribution in [0.15, 0.2) is 12.2 Å². The molecule has 0 aromatic carbocycles. The Bertz CT molecular complexity index is 144. The highest BCUT2D eigenvalue weighted by molar-refractivity contribution is 5.13. The van der Waals surface area contributed by atoms with Crippen molar-refractivity contribution in [3.8, 4) is 0 Å². The molecule has 0 nitrogen and oxygen atoms in total. The van der Waals surface area contributed by atoms with Crippen LogP contribution in [0, 0.1) is 23.7 Å². The van der Waals surface area contributed by atoms with Crippen LogP contribution in [0.5, 0.6) is 0 Å². The molecule has 0 radical (unpaired) electrons. The molecule has 0 saturated heterocycles. The zero-order valence-corrected chi connectivity index (χ0v) is 7.52. The summed E-state index contributed by atoms with van der Waals surface area (Å²) in [5, 5.41) is 0. The second-order valence-electron chi connectivity index (χ2n) is 4.05. The first-order valence-corrected chi connectivity index (χ1v) is 4.21. The summed E-state index contributed by atoms with van der Waals surface area (Å²) in [5.74, 6) is 3.51. The lowest BCUT2D eigenvalue weighted by Crippen LogP contribution is -1.92. The van der Waals surface area contributed by atoms with Crippen LogP contribution < -0.4 is 0 Å². The van der Waals surface area contributed by atoms with Gasteiger partial charge in [0.05, 0.1) is 0 Å². The Labute approximate surface area is 64.3 Å². The SMILES string of the molecule is C=C(C)C1C(C)C1C(C)C. The highest BCUT2D eigenvalue weighted by Gasteiger charge is 2.48. The molecular formula is C10H18. The standard InChI is InChI=1S/C10H18/c1-6(2)9-8(5)10(9)7(3)4/h7-10H,1H2,2-5H3. The van der Waals surface area contributed by atoms with E-state index in [1.807, 2.05) is 0 Å². The van der Waals surface area contributed by atoms with Crippen LogP contribution >= 0.6 is 0 Å². The predicted octanol–water partition coefficient (Wildman–Crippen LogP) is 3.10. The quantitative estimate of drug-likeness (QED) is 0.514. The number of rotatable bonds is 2. The molecule has 0 bridgehead atoms. The smallest absolute Gasteiger partial charge is 0.0146 e. The summed E-state index contributed by atoms with van der Waals surface area (Å²) in [6, 6.07) is 0. The average molecular weight is 138 g/mol. The Morgan fingerprint density at radius 2 is 1.90 bits per heavy atom. The molecule has 0 aromatic rings. The van der Waals surface area contributed by atoms with E-state index < -0.39 is 0 Å². The van der Waals surface area contributed by atoms with Crippen LogP contribution in [0.4, 0.5) is 0 Å². The van der Waals surface area contributed by atoms with Gasteiger partial charge in [-0.2, -0.15) is 0 Å². The normalized spacial score (nSPS) is 38.3. The monoisotopic (exact) mass is 138 g/mol. The maximum Gasteiger partial charge on any atom is -0.0146 e. The minimum atomic E-state index is 0.833. The van der Waals surface area contributed by atoms with Gasteiger partial charge < -0.3 is 0 Å². The molecule has 1 saturated carbocycles. The first-order valence-electron chi connectivity index (χ1n) is 4.21. The number of allylic oxidation sites excluding steroid dienone is 1. The molecule has 0 aromatic heterocycles. The Hall–Kier alpha value is -0.260. The van der Waals surface area contributed by atoms with E-state index in [4.69, 9.17) is 0 Å². The van der Waals surface area contributed by atoms with Gasteiger partial charge in [-0.15, -0.1) is 0 Å². The number of hydrogen-bond donors (Lipinski definition) is 0. The maximum atomic E-state index is 4.00. The van der Waals surface area contributed by atoms with Crippen molar-refractivity contribution in [2.24, 2.45) is 23.7 Å². The van der Waals surface area contributed by atoms with Crippen molar-refractivity contribution >= 4 is 0 Å². The fourth-order valence-corrected chi connectivity index (χ4v) is 2.29. The van der Waals surface area contributed by atoms with Crippen molar-refractivity contribution in [1.29, 1.82) is 0 Å². The van der Waals surface area contributed by atoms with Gasteiger partial charge in [0.25, 0.3) is 0 Å². The van der Waals surface area contributed by atoms with Gasteiger partial charge >= 0.3 is 0 Å². The van der Waals surface area contributed by atoms with Gasteiger partial charge in [0.2, 0.25) is 0 Å². The van der Waals surface area contributed by atoms with Gasteiger partial charge in [-0.25, -0.2) is 0 Å². The molecule has 1 aliphatic rings. The van der Waals surface area contributed by atoms with Crippen molar-refractivity contribution in [3.63, 3.8) is 0 Å². The van der Waals surface area contributed by atoms with Crippen LogP contribution in [0.3, 0.4) is 0 Å². The molecule has 3 atom stereocenters. The predicted molar refractivity (Wildman–Crippen MR) is 45.8 cm³/mol. The second kappa shape index (κ2) is 2.41. The second-order valence-corrected chi connectivity index (χ2v) is 4.05. The number of hydrogen-bond acceptors (Lipinski definition) is 0. The molecule has 0 N–H and O–H groups in total. The first-order chi connectivity index (χ1) is 4.55. The molecule has 1 rings (SSSR count). The van der Waals surface area contributed by atoms with E-state index in [0.29, 0.717) is 0 Å². The lowest BCUT2D eigenvalue weighted by molar-refractivity contribution is 0.517. The van der Waals surface area contributed by atoms with Crippen molar-refractivity contribution in [3.05, 3.63) is 12.2 Å². The summed E-state index contributed by atoms with van der Waals surface area (Å²) < 4.78 is 0.